The zero-order chi connectivity index (χ0) is 28.6. The Morgan fingerprint density at radius 2 is 1.59 bits per heavy atom. The van der Waals surface area contributed by atoms with Gasteiger partial charge in [0.2, 0.25) is 11.8 Å². The minimum Gasteiger partial charge on any atom is -0.483 e. The Hall–Kier alpha value is -3.97. The number of benzene rings is 1. The summed E-state index contributed by atoms with van der Waals surface area (Å²) >= 11 is 0. The van der Waals surface area contributed by atoms with E-state index in [1.54, 1.807) is 0 Å². The number of amides is 6. The Morgan fingerprint density at radius 3 is 2.23 bits per heavy atom. The van der Waals surface area contributed by atoms with E-state index >= 15 is 0 Å². The molecular weight excluding hydrogens is 525 g/mol. The van der Waals surface area contributed by atoms with Crippen molar-refractivity contribution in [1.29, 1.82) is 0 Å². The average molecular weight is 555 g/mol. The minimum absolute atomic E-state index is 0.00164. The number of carbonyl (C=O) groups is 6. The van der Waals surface area contributed by atoms with Crippen molar-refractivity contribution in [2.75, 3.05) is 19.7 Å². The lowest BCUT2D eigenvalue weighted by Crippen LogP contribution is -2.54. The first-order valence-corrected chi connectivity index (χ1v) is 12.6. The maximum Gasteiger partial charge on any atom is 0.471 e. The molecule has 0 aromatic heterocycles. The number of hydrogen-bond donors (Lipinski definition) is 3. The summed E-state index contributed by atoms with van der Waals surface area (Å²) in [4.78, 5) is 73.2. The van der Waals surface area contributed by atoms with Gasteiger partial charge in [-0.2, -0.15) is 13.2 Å². The van der Waals surface area contributed by atoms with Gasteiger partial charge in [-0.05, 0) is 31.4 Å². The molecule has 1 atom stereocenters. The molecule has 14 heteroatoms. The average Bonchev–Trinajstić information content (AvgIpc) is 3.13. The predicted octanol–water partition coefficient (Wildman–Crippen LogP) is 1.60. The van der Waals surface area contributed by atoms with Crippen LogP contribution in [0.2, 0.25) is 0 Å². The summed E-state index contributed by atoms with van der Waals surface area (Å²) < 4.78 is 41.7. The molecule has 0 saturated carbocycles. The third-order valence-corrected chi connectivity index (χ3v) is 6.26. The van der Waals surface area contributed by atoms with E-state index < -0.39 is 54.3 Å². The Morgan fingerprint density at radius 1 is 0.949 bits per heavy atom. The summed E-state index contributed by atoms with van der Waals surface area (Å²) in [6, 6.07) is 3.25. The van der Waals surface area contributed by atoms with Crippen LogP contribution in [0, 0.1) is 0 Å². The van der Waals surface area contributed by atoms with Crippen LogP contribution in [0.25, 0.3) is 0 Å². The molecule has 0 aliphatic carbocycles. The van der Waals surface area contributed by atoms with E-state index in [0.29, 0.717) is 25.8 Å². The largest absolute Gasteiger partial charge is 0.483 e. The number of fused-ring (bicyclic) bond motifs is 1. The van der Waals surface area contributed by atoms with E-state index in [9.17, 15) is 41.9 Å². The van der Waals surface area contributed by atoms with Crippen LogP contribution >= 0.6 is 0 Å². The summed E-state index contributed by atoms with van der Waals surface area (Å²) in [6.45, 7) is -0.0643. The van der Waals surface area contributed by atoms with Crippen LogP contribution in [0.15, 0.2) is 18.2 Å². The van der Waals surface area contributed by atoms with Crippen molar-refractivity contribution in [3.8, 4) is 5.75 Å². The Labute approximate surface area is 221 Å². The fraction of sp³-hybridized carbons (Fsp3) is 0.520. The van der Waals surface area contributed by atoms with E-state index in [0.717, 1.165) is 24.2 Å². The maximum atomic E-state index is 13.0. The molecule has 2 aliphatic rings. The second-order valence-corrected chi connectivity index (χ2v) is 9.14. The molecule has 1 aromatic carbocycles. The van der Waals surface area contributed by atoms with Gasteiger partial charge < -0.3 is 15.4 Å². The first-order valence-electron chi connectivity index (χ1n) is 12.6. The number of imide groups is 2. The molecule has 0 spiro atoms. The van der Waals surface area contributed by atoms with E-state index in [4.69, 9.17) is 4.74 Å². The number of alkyl halides is 3. The van der Waals surface area contributed by atoms with Gasteiger partial charge in [-0.25, -0.2) is 0 Å². The van der Waals surface area contributed by atoms with Crippen LogP contribution in [0.1, 0.15) is 72.1 Å². The first kappa shape index (κ1) is 29.6. The van der Waals surface area contributed by atoms with Gasteiger partial charge in [0, 0.05) is 19.5 Å². The lowest BCUT2D eigenvalue weighted by molar-refractivity contribution is -0.173. The monoisotopic (exact) mass is 554 g/mol. The fourth-order valence-corrected chi connectivity index (χ4v) is 4.29. The summed E-state index contributed by atoms with van der Waals surface area (Å²) in [5, 5.41) is 6.63. The van der Waals surface area contributed by atoms with Gasteiger partial charge >= 0.3 is 12.1 Å². The number of carbonyl (C=O) groups excluding carboxylic acids is 6. The number of unbranched alkanes of at least 4 members (excludes halogenated alkanes) is 5. The van der Waals surface area contributed by atoms with Gasteiger partial charge in [0.05, 0.1) is 11.1 Å². The molecule has 0 radical (unpaired) electrons. The van der Waals surface area contributed by atoms with Crippen molar-refractivity contribution in [2.45, 2.75) is 63.6 Å². The standard InChI is InChI=1S/C25H29F3N4O7/c26-25(27,28)24(38)30-13-6-4-2-1-3-5-12-29-19(34)14-39-17-9-7-8-15-20(17)23(37)32(22(15)36)16-10-11-18(33)31-21(16)35/h7-9,16H,1-6,10-14H2,(H,29,34)(H,30,38)(H,31,33,35). The van der Waals surface area contributed by atoms with E-state index in [1.165, 1.54) is 18.2 Å². The smallest absolute Gasteiger partial charge is 0.471 e. The number of piperidine rings is 1. The van der Waals surface area contributed by atoms with Crippen molar-refractivity contribution >= 4 is 35.4 Å². The number of ether oxygens (including phenoxy) is 1. The quantitative estimate of drug-likeness (QED) is 0.248. The van der Waals surface area contributed by atoms with Gasteiger partial charge in [0.1, 0.15) is 11.8 Å². The first-order chi connectivity index (χ1) is 18.5. The maximum absolute atomic E-state index is 13.0. The molecular formula is C25H29F3N4O7. The molecule has 0 bridgehead atoms. The Balaban J connectivity index is 1.35. The summed E-state index contributed by atoms with van der Waals surface area (Å²) in [5.41, 5.74) is 0.00307. The number of hydrogen-bond acceptors (Lipinski definition) is 7. The van der Waals surface area contributed by atoms with Crippen LogP contribution < -0.4 is 20.7 Å². The second kappa shape index (κ2) is 13.2. The van der Waals surface area contributed by atoms with Gasteiger partial charge in [-0.3, -0.25) is 39.0 Å². The minimum atomic E-state index is -4.87. The molecule has 3 N–H and O–H groups in total. The van der Waals surface area contributed by atoms with Gasteiger partial charge in [0.15, 0.2) is 6.61 Å². The summed E-state index contributed by atoms with van der Waals surface area (Å²) in [6.07, 6.45) is -0.684. The normalized spacial score (nSPS) is 17.1. The van der Waals surface area contributed by atoms with Crippen molar-refractivity contribution in [1.82, 2.24) is 20.9 Å². The molecule has 39 heavy (non-hydrogen) atoms. The molecule has 212 valence electrons. The van der Waals surface area contributed by atoms with E-state index in [1.807, 2.05) is 5.32 Å². The zero-order valence-corrected chi connectivity index (χ0v) is 21.0. The molecule has 2 aliphatic heterocycles. The molecule has 11 nitrogen and oxygen atoms in total. The molecule has 1 unspecified atom stereocenters. The zero-order valence-electron chi connectivity index (χ0n) is 21.0. The number of nitrogens with one attached hydrogen (secondary N) is 3. The van der Waals surface area contributed by atoms with Crippen LogP contribution in [-0.4, -0.2) is 72.3 Å². The number of rotatable bonds is 13. The predicted molar refractivity (Wildman–Crippen MR) is 128 cm³/mol. The van der Waals surface area contributed by atoms with Crippen LogP contribution in [-0.2, 0) is 19.2 Å². The van der Waals surface area contributed by atoms with Crippen LogP contribution in [0.4, 0.5) is 13.2 Å². The Bertz CT molecular complexity index is 1140. The molecule has 1 aromatic rings. The number of halogens is 3. The third kappa shape index (κ3) is 7.77. The third-order valence-electron chi connectivity index (χ3n) is 6.26. The van der Waals surface area contributed by atoms with Crippen LogP contribution in [0.3, 0.4) is 0 Å². The fourth-order valence-electron chi connectivity index (χ4n) is 4.29. The molecule has 2 heterocycles. The molecule has 3 rings (SSSR count). The lowest BCUT2D eigenvalue weighted by atomic mass is 10.0. The van der Waals surface area contributed by atoms with Crippen LogP contribution in [0.5, 0.6) is 5.75 Å². The van der Waals surface area contributed by atoms with E-state index in [2.05, 4.69) is 10.6 Å². The van der Waals surface area contributed by atoms with Crippen molar-refractivity contribution in [3.05, 3.63) is 29.3 Å². The topological polar surface area (TPSA) is 151 Å². The number of nitrogens with zero attached hydrogens (tertiary/aromatic N) is 1. The SMILES string of the molecule is O=C(COc1cccc2c1C(=O)N(C1CCC(=O)NC1=O)C2=O)NCCCCCCCCNC(=O)C(F)(F)F. The van der Waals surface area contributed by atoms with Crippen molar-refractivity contribution < 1.29 is 46.7 Å². The van der Waals surface area contributed by atoms with Gasteiger partial charge in [-0.15, -0.1) is 0 Å². The second-order valence-electron chi connectivity index (χ2n) is 9.14. The highest BCUT2D eigenvalue weighted by Crippen LogP contribution is 2.33. The Kier molecular flexibility index (Phi) is 10.0. The highest BCUT2D eigenvalue weighted by atomic mass is 19.4. The van der Waals surface area contributed by atoms with Gasteiger partial charge in [0.25, 0.3) is 17.7 Å². The van der Waals surface area contributed by atoms with Gasteiger partial charge in [-0.1, -0.05) is 31.7 Å². The lowest BCUT2D eigenvalue weighted by Gasteiger charge is -2.27. The summed E-state index contributed by atoms with van der Waals surface area (Å²) in [5.74, 6) is -4.95. The van der Waals surface area contributed by atoms with Crippen molar-refractivity contribution in [3.63, 3.8) is 0 Å². The van der Waals surface area contributed by atoms with Crippen molar-refractivity contribution in [2.24, 2.45) is 0 Å². The summed E-state index contributed by atoms with van der Waals surface area (Å²) in [7, 11) is 0. The molecule has 6 amide bonds. The molecule has 1 fully saturated rings. The van der Waals surface area contributed by atoms with E-state index in [-0.39, 0.29) is 36.3 Å². The molecule has 1 saturated heterocycles. The highest BCUT2D eigenvalue weighted by Gasteiger charge is 2.46. The highest BCUT2D eigenvalue weighted by molar-refractivity contribution is 6.24.